The number of carboxylic acid groups (broad SMARTS) is 1. The molecular formula is C19H28N2O4. The minimum Gasteiger partial charge on any atom is -0.483 e. The third-order valence-electron chi connectivity index (χ3n) is 4.68. The number of hydrogen-bond acceptors (Lipinski definition) is 4. The van der Waals surface area contributed by atoms with Crippen molar-refractivity contribution in [3.05, 3.63) is 35.9 Å². The van der Waals surface area contributed by atoms with Crippen LogP contribution in [0, 0.1) is 5.92 Å². The van der Waals surface area contributed by atoms with Crippen molar-refractivity contribution >= 4 is 12.4 Å². The largest absolute Gasteiger partial charge is 0.483 e. The second-order valence-electron chi connectivity index (χ2n) is 6.54. The maximum Gasteiger partial charge on any atom is 0.290 e. The summed E-state index contributed by atoms with van der Waals surface area (Å²) in [7, 11) is 0. The Hall–Kier alpha value is -1.92. The summed E-state index contributed by atoms with van der Waals surface area (Å²) < 4.78 is 5.54. The zero-order valence-electron chi connectivity index (χ0n) is 14.7. The van der Waals surface area contributed by atoms with Gasteiger partial charge in [-0.25, -0.2) is 0 Å². The fourth-order valence-corrected chi connectivity index (χ4v) is 3.37. The lowest BCUT2D eigenvalue weighted by atomic mass is 10.0. The Kier molecular flexibility index (Phi) is 8.42. The van der Waals surface area contributed by atoms with Gasteiger partial charge in [-0.05, 0) is 30.7 Å². The minimum absolute atomic E-state index is 0.250. The van der Waals surface area contributed by atoms with Crippen LogP contribution in [0.3, 0.4) is 0 Å². The minimum atomic E-state index is -0.250. The molecule has 0 saturated carbocycles. The first-order valence-corrected chi connectivity index (χ1v) is 8.92. The number of piperazine rings is 1. The topological polar surface area (TPSA) is 70.1 Å². The molecule has 1 atom stereocenters. The predicted octanol–water partition coefficient (Wildman–Crippen LogP) is 1.50. The molecule has 2 fully saturated rings. The van der Waals surface area contributed by atoms with Crippen molar-refractivity contribution in [2.45, 2.75) is 19.3 Å². The van der Waals surface area contributed by atoms with Gasteiger partial charge < -0.3 is 14.7 Å². The average molecular weight is 348 g/mol. The van der Waals surface area contributed by atoms with Crippen LogP contribution in [-0.4, -0.2) is 73.2 Å². The molecule has 2 aliphatic heterocycles. The third kappa shape index (κ3) is 6.84. The highest BCUT2D eigenvalue weighted by atomic mass is 16.5. The second-order valence-corrected chi connectivity index (χ2v) is 6.54. The quantitative estimate of drug-likeness (QED) is 0.817. The lowest BCUT2D eigenvalue weighted by molar-refractivity contribution is -0.136. The SMILES string of the molecule is O=C1CN(CC2CCCOC2)CCN1CCc1ccccc1.O=CO. The molecule has 1 N–H and O–H groups in total. The van der Waals surface area contributed by atoms with Gasteiger partial charge >= 0.3 is 0 Å². The number of carbonyl (C=O) groups excluding carboxylic acids is 1. The monoisotopic (exact) mass is 348 g/mol. The molecule has 0 bridgehead atoms. The summed E-state index contributed by atoms with van der Waals surface area (Å²) in [6.45, 7) is 5.80. The zero-order chi connectivity index (χ0) is 17.9. The van der Waals surface area contributed by atoms with Crippen molar-refractivity contribution in [2.24, 2.45) is 5.92 Å². The molecule has 0 spiro atoms. The van der Waals surface area contributed by atoms with Gasteiger partial charge in [-0.3, -0.25) is 14.5 Å². The summed E-state index contributed by atoms with van der Waals surface area (Å²) >= 11 is 0. The summed E-state index contributed by atoms with van der Waals surface area (Å²) in [5.41, 5.74) is 1.30. The van der Waals surface area contributed by atoms with Gasteiger partial charge in [0.2, 0.25) is 5.91 Å². The van der Waals surface area contributed by atoms with Crippen molar-refractivity contribution in [1.29, 1.82) is 0 Å². The molecule has 3 rings (SSSR count). The molecular weight excluding hydrogens is 320 g/mol. The van der Waals surface area contributed by atoms with Crippen molar-refractivity contribution in [3.63, 3.8) is 0 Å². The maximum absolute atomic E-state index is 12.3. The summed E-state index contributed by atoms with van der Waals surface area (Å²) in [4.78, 5) is 25.0. The van der Waals surface area contributed by atoms with Crippen LogP contribution in [0.4, 0.5) is 0 Å². The van der Waals surface area contributed by atoms with E-state index in [1.54, 1.807) is 0 Å². The van der Waals surface area contributed by atoms with E-state index in [1.807, 2.05) is 11.0 Å². The number of benzene rings is 1. The molecule has 1 aromatic carbocycles. The van der Waals surface area contributed by atoms with Gasteiger partial charge in [-0.15, -0.1) is 0 Å². The van der Waals surface area contributed by atoms with Gasteiger partial charge in [0.05, 0.1) is 13.2 Å². The van der Waals surface area contributed by atoms with Crippen molar-refractivity contribution in [3.8, 4) is 0 Å². The van der Waals surface area contributed by atoms with Crippen molar-refractivity contribution in [2.75, 3.05) is 45.9 Å². The Bertz CT molecular complexity index is 517. The zero-order valence-corrected chi connectivity index (χ0v) is 14.7. The first kappa shape index (κ1) is 19.4. The van der Waals surface area contributed by atoms with Crippen LogP contribution in [-0.2, 0) is 20.7 Å². The summed E-state index contributed by atoms with van der Waals surface area (Å²) in [5.74, 6) is 0.885. The molecule has 0 radical (unpaired) electrons. The van der Waals surface area contributed by atoms with E-state index in [0.717, 1.165) is 52.2 Å². The van der Waals surface area contributed by atoms with Crippen molar-refractivity contribution in [1.82, 2.24) is 9.80 Å². The van der Waals surface area contributed by atoms with Gasteiger partial charge in [-0.1, -0.05) is 30.3 Å². The Labute approximate surface area is 149 Å². The fourth-order valence-electron chi connectivity index (χ4n) is 3.37. The fraction of sp³-hybridized carbons (Fsp3) is 0.579. The van der Waals surface area contributed by atoms with E-state index in [9.17, 15) is 4.79 Å². The number of amides is 1. The van der Waals surface area contributed by atoms with Crippen LogP contribution < -0.4 is 0 Å². The molecule has 2 saturated heterocycles. The predicted molar refractivity (Wildman–Crippen MR) is 95.4 cm³/mol. The van der Waals surface area contributed by atoms with Gasteiger partial charge in [-0.2, -0.15) is 0 Å². The lowest BCUT2D eigenvalue weighted by Crippen LogP contribution is -2.52. The highest BCUT2D eigenvalue weighted by molar-refractivity contribution is 5.79. The van der Waals surface area contributed by atoms with E-state index in [2.05, 4.69) is 29.2 Å². The van der Waals surface area contributed by atoms with Crippen LogP contribution in [0.15, 0.2) is 30.3 Å². The molecule has 2 aliphatic rings. The Morgan fingerprint density at radius 2 is 2.00 bits per heavy atom. The smallest absolute Gasteiger partial charge is 0.290 e. The average Bonchev–Trinajstić information content (AvgIpc) is 2.63. The number of ether oxygens (including phenoxy) is 1. The lowest BCUT2D eigenvalue weighted by Gasteiger charge is -2.36. The van der Waals surface area contributed by atoms with Crippen LogP contribution in [0.2, 0.25) is 0 Å². The molecule has 1 amide bonds. The Morgan fingerprint density at radius 3 is 2.64 bits per heavy atom. The summed E-state index contributed by atoms with van der Waals surface area (Å²) in [6, 6.07) is 10.4. The molecule has 1 unspecified atom stereocenters. The molecule has 138 valence electrons. The molecule has 2 heterocycles. The van der Waals surface area contributed by atoms with Crippen LogP contribution in [0.5, 0.6) is 0 Å². The van der Waals surface area contributed by atoms with Crippen molar-refractivity contribution < 1.29 is 19.4 Å². The van der Waals surface area contributed by atoms with E-state index in [1.165, 1.54) is 12.0 Å². The first-order chi connectivity index (χ1) is 12.2. The molecule has 0 aliphatic carbocycles. The number of carbonyl (C=O) groups is 2. The number of nitrogens with zero attached hydrogens (tertiary/aromatic N) is 2. The number of rotatable bonds is 5. The summed E-state index contributed by atoms with van der Waals surface area (Å²) in [6.07, 6.45) is 3.35. The van der Waals surface area contributed by atoms with Crippen LogP contribution in [0.25, 0.3) is 0 Å². The van der Waals surface area contributed by atoms with E-state index in [0.29, 0.717) is 12.5 Å². The second kappa shape index (κ2) is 10.8. The molecule has 6 heteroatoms. The maximum atomic E-state index is 12.3. The first-order valence-electron chi connectivity index (χ1n) is 8.92. The molecule has 0 aromatic heterocycles. The van der Waals surface area contributed by atoms with E-state index in [4.69, 9.17) is 14.6 Å². The van der Waals surface area contributed by atoms with E-state index >= 15 is 0 Å². The third-order valence-corrected chi connectivity index (χ3v) is 4.68. The van der Waals surface area contributed by atoms with E-state index in [-0.39, 0.29) is 12.4 Å². The number of hydrogen-bond donors (Lipinski definition) is 1. The highest BCUT2D eigenvalue weighted by Crippen LogP contribution is 2.16. The highest BCUT2D eigenvalue weighted by Gasteiger charge is 2.26. The van der Waals surface area contributed by atoms with Crippen LogP contribution in [0.1, 0.15) is 18.4 Å². The van der Waals surface area contributed by atoms with Crippen LogP contribution >= 0.6 is 0 Å². The molecule has 25 heavy (non-hydrogen) atoms. The Balaban J connectivity index is 0.000000701. The molecule has 6 nitrogen and oxygen atoms in total. The van der Waals surface area contributed by atoms with Gasteiger partial charge in [0, 0.05) is 32.8 Å². The molecule has 1 aromatic rings. The van der Waals surface area contributed by atoms with E-state index < -0.39 is 0 Å². The Morgan fingerprint density at radius 1 is 1.24 bits per heavy atom. The van der Waals surface area contributed by atoms with Gasteiger partial charge in [0.15, 0.2) is 0 Å². The summed E-state index contributed by atoms with van der Waals surface area (Å²) in [5, 5.41) is 6.89. The standard InChI is InChI=1S/C18H26N2O2.CH2O2/c21-18-14-19(13-17-7-4-12-22-15-17)10-11-20(18)9-8-16-5-2-1-3-6-16;2-1-3/h1-3,5-6,17H,4,7-15H2;1H,(H,2,3). The van der Waals surface area contributed by atoms with Gasteiger partial charge in [0.1, 0.15) is 0 Å². The van der Waals surface area contributed by atoms with Gasteiger partial charge in [0.25, 0.3) is 6.47 Å². The normalized spacial score (nSPS) is 21.4.